The van der Waals surface area contributed by atoms with Crippen LogP contribution in [-0.4, -0.2) is 34.1 Å². The van der Waals surface area contributed by atoms with Gasteiger partial charge in [0, 0.05) is 31.9 Å². The molecule has 92 valence electrons. The Morgan fingerprint density at radius 1 is 1.53 bits per heavy atom. The fraction of sp³-hybridized carbons (Fsp3) is 0.583. The Morgan fingerprint density at radius 2 is 2.24 bits per heavy atom. The number of hydrogen-bond acceptors (Lipinski definition) is 4. The minimum Gasteiger partial charge on any atom is -0.481 e. The Morgan fingerprint density at radius 3 is 2.88 bits per heavy atom. The van der Waals surface area contributed by atoms with Crippen LogP contribution in [0.1, 0.15) is 24.8 Å². The monoisotopic (exact) mass is 235 g/mol. The summed E-state index contributed by atoms with van der Waals surface area (Å²) in [7, 11) is 0. The number of aryl methyl sites for hydroxylation is 1. The second-order valence-electron chi connectivity index (χ2n) is 4.61. The van der Waals surface area contributed by atoms with Crippen LogP contribution in [-0.2, 0) is 4.79 Å². The van der Waals surface area contributed by atoms with Gasteiger partial charge >= 0.3 is 5.97 Å². The van der Waals surface area contributed by atoms with Gasteiger partial charge in [-0.2, -0.15) is 0 Å². The Balaban J connectivity index is 2.01. The van der Waals surface area contributed by atoms with Crippen LogP contribution in [0, 0.1) is 12.8 Å². The van der Waals surface area contributed by atoms with E-state index in [4.69, 9.17) is 5.11 Å². The third kappa shape index (κ3) is 3.15. The molecule has 1 aromatic heterocycles. The molecule has 1 fully saturated rings. The van der Waals surface area contributed by atoms with E-state index >= 15 is 0 Å². The maximum atomic E-state index is 10.7. The minimum atomic E-state index is -0.721. The van der Waals surface area contributed by atoms with Crippen molar-refractivity contribution in [3.8, 4) is 0 Å². The van der Waals surface area contributed by atoms with Crippen LogP contribution in [0.2, 0.25) is 0 Å². The van der Waals surface area contributed by atoms with Crippen molar-refractivity contribution in [2.45, 2.75) is 26.2 Å². The summed E-state index contributed by atoms with van der Waals surface area (Å²) in [5.74, 6) is 0.207. The lowest BCUT2D eigenvalue weighted by atomic mass is 9.95. The van der Waals surface area contributed by atoms with E-state index in [1.54, 1.807) is 12.4 Å². The molecule has 0 bridgehead atoms. The smallest absolute Gasteiger partial charge is 0.303 e. The standard InChI is InChI=1S/C12H17N3O2/c1-9-6-13-12(14-7-9)15-4-2-3-10(8-15)5-11(16)17/h6-7,10H,2-5,8H2,1H3,(H,16,17). The van der Waals surface area contributed by atoms with Crippen molar-refractivity contribution in [3.05, 3.63) is 18.0 Å². The lowest BCUT2D eigenvalue weighted by Gasteiger charge is -2.32. The highest BCUT2D eigenvalue weighted by molar-refractivity contribution is 5.67. The predicted molar refractivity (Wildman–Crippen MR) is 64.0 cm³/mol. The van der Waals surface area contributed by atoms with Crippen LogP contribution in [0.5, 0.6) is 0 Å². The van der Waals surface area contributed by atoms with E-state index in [2.05, 4.69) is 14.9 Å². The van der Waals surface area contributed by atoms with E-state index in [0.717, 1.165) is 31.5 Å². The number of carboxylic acid groups (broad SMARTS) is 1. The minimum absolute atomic E-state index is 0.214. The SMILES string of the molecule is Cc1cnc(N2CCCC(CC(=O)O)C2)nc1. The summed E-state index contributed by atoms with van der Waals surface area (Å²) in [6.45, 7) is 3.61. The molecular weight excluding hydrogens is 218 g/mol. The van der Waals surface area contributed by atoms with Gasteiger partial charge in [-0.05, 0) is 31.2 Å². The van der Waals surface area contributed by atoms with Crippen LogP contribution in [0.25, 0.3) is 0 Å². The number of aromatic nitrogens is 2. The molecule has 0 saturated carbocycles. The van der Waals surface area contributed by atoms with Gasteiger partial charge in [0.25, 0.3) is 0 Å². The maximum Gasteiger partial charge on any atom is 0.303 e. The van der Waals surface area contributed by atoms with Gasteiger partial charge in [0.1, 0.15) is 0 Å². The summed E-state index contributed by atoms with van der Waals surface area (Å²) in [6.07, 6.45) is 5.82. The third-order valence-corrected chi connectivity index (χ3v) is 3.03. The van der Waals surface area contributed by atoms with Gasteiger partial charge in [0.15, 0.2) is 0 Å². The molecule has 1 aromatic rings. The first kappa shape index (κ1) is 11.8. The topological polar surface area (TPSA) is 66.3 Å². The summed E-state index contributed by atoms with van der Waals surface area (Å²) >= 11 is 0. The lowest BCUT2D eigenvalue weighted by molar-refractivity contribution is -0.138. The molecule has 0 radical (unpaired) electrons. The van der Waals surface area contributed by atoms with Crippen molar-refractivity contribution in [2.24, 2.45) is 5.92 Å². The molecule has 5 heteroatoms. The molecular formula is C12H17N3O2. The normalized spacial score (nSPS) is 20.3. The number of carboxylic acids is 1. The fourth-order valence-corrected chi connectivity index (χ4v) is 2.21. The van der Waals surface area contributed by atoms with Crippen molar-refractivity contribution in [1.29, 1.82) is 0 Å². The van der Waals surface area contributed by atoms with E-state index in [1.165, 1.54) is 0 Å². The van der Waals surface area contributed by atoms with E-state index in [9.17, 15) is 4.79 Å². The van der Waals surface area contributed by atoms with Crippen LogP contribution in [0.3, 0.4) is 0 Å². The van der Waals surface area contributed by atoms with Crippen LogP contribution in [0.15, 0.2) is 12.4 Å². The van der Waals surface area contributed by atoms with Crippen LogP contribution in [0.4, 0.5) is 5.95 Å². The van der Waals surface area contributed by atoms with Gasteiger partial charge in [-0.25, -0.2) is 9.97 Å². The van der Waals surface area contributed by atoms with Gasteiger partial charge in [-0.15, -0.1) is 0 Å². The summed E-state index contributed by atoms with van der Waals surface area (Å²) in [5, 5.41) is 8.81. The molecule has 1 N–H and O–H groups in total. The van der Waals surface area contributed by atoms with E-state index < -0.39 is 5.97 Å². The number of anilines is 1. The second kappa shape index (κ2) is 5.12. The number of rotatable bonds is 3. The van der Waals surface area contributed by atoms with E-state index in [-0.39, 0.29) is 12.3 Å². The number of carbonyl (C=O) groups is 1. The van der Waals surface area contributed by atoms with Crippen molar-refractivity contribution in [3.63, 3.8) is 0 Å². The zero-order valence-corrected chi connectivity index (χ0v) is 9.96. The average Bonchev–Trinajstić information content (AvgIpc) is 2.29. The summed E-state index contributed by atoms with van der Waals surface area (Å²) in [5.41, 5.74) is 1.04. The Hall–Kier alpha value is -1.65. The van der Waals surface area contributed by atoms with E-state index in [1.807, 2.05) is 6.92 Å². The highest BCUT2D eigenvalue weighted by atomic mass is 16.4. The molecule has 1 saturated heterocycles. The van der Waals surface area contributed by atoms with Crippen molar-refractivity contribution < 1.29 is 9.90 Å². The Bertz CT molecular complexity index is 391. The predicted octanol–water partition coefficient (Wildman–Crippen LogP) is 1.48. The highest BCUT2D eigenvalue weighted by Gasteiger charge is 2.23. The molecule has 0 amide bonds. The number of nitrogens with zero attached hydrogens (tertiary/aromatic N) is 3. The molecule has 1 aliphatic heterocycles. The number of hydrogen-bond donors (Lipinski definition) is 1. The molecule has 2 heterocycles. The first-order chi connectivity index (χ1) is 8.15. The van der Waals surface area contributed by atoms with Gasteiger partial charge < -0.3 is 10.0 Å². The second-order valence-corrected chi connectivity index (χ2v) is 4.61. The van der Waals surface area contributed by atoms with Gasteiger partial charge in [-0.1, -0.05) is 0 Å². The molecule has 17 heavy (non-hydrogen) atoms. The molecule has 1 unspecified atom stereocenters. The van der Waals surface area contributed by atoms with Crippen molar-refractivity contribution in [2.75, 3.05) is 18.0 Å². The first-order valence-electron chi connectivity index (χ1n) is 5.90. The quantitative estimate of drug-likeness (QED) is 0.859. The summed E-state index contributed by atoms with van der Waals surface area (Å²) < 4.78 is 0. The highest BCUT2D eigenvalue weighted by Crippen LogP contribution is 2.22. The lowest BCUT2D eigenvalue weighted by Crippen LogP contribution is -2.37. The van der Waals surface area contributed by atoms with Gasteiger partial charge in [0.2, 0.25) is 5.95 Å². The molecule has 0 aromatic carbocycles. The average molecular weight is 235 g/mol. The Kier molecular flexibility index (Phi) is 3.56. The largest absolute Gasteiger partial charge is 0.481 e. The van der Waals surface area contributed by atoms with Crippen molar-refractivity contribution >= 4 is 11.9 Å². The molecule has 5 nitrogen and oxygen atoms in total. The summed E-state index contributed by atoms with van der Waals surface area (Å²) in [4.78, 5) is 21.4. The maximum absolute atomic E-state index is 10.7. The summed E-state index contributed by atoms with van der Waals surface area (Å²) in [6, 6.07) is 0. The molecule has 0 spiro atoms. The molecule has 1 aliphatic rings. The van der Waals surface area contributed by atoms with Crippen LogP contribution >= 0.6 is 0 Å². The van der Waals surface area contributed by atoms with Crippen molar-refractivity contribution in [1.82, 2.24) is 9.97 Å². The fourth-order valence-electron chi connectivity index (χ4n) is 2.21. The molecule has 1 atom stereocenters. The molecule has 0 aliphatic carbocycles. The third-order valence-electron chi connectivity index (χ3n) is 3.03. The number of piperidine rings is 1. The van der Waals surface area contributed by atoms with Gasteiger partial charge in [-0.3, -0.25) is 4.79 Å². The zero-order valence-electron chi connectivity index (χ0n) is 9.96. The zero-order chi connectivity index (χ0) is 12.3. The Labute approximate surface area is 100 Å². The first-order valence-corrected chi connectivity index (χ1v) is 5.90. The van der Waals surface area contributed by atoms with E-state index in [0.29, 0.717) is 5.95 Å². The molecule has 2 rings (SSSR count). The van der Waals surface area contributed by atoms with Gasteiger partial charge in [0.05, 0.1) is 0 Å². The number of aliphatic carboxylic acids is 1. The van der Waals surface area contributed by atoms with Crippen LogP contribution < -0.4 is 4.90 Å².